The lowest BCUT2D eigenvalue weighted by atomic mass is 10.2. The molecular formula is C24H22N4O2S. The maximum atomic E-state index is 12.2. The van der Waals surface area contributed by atoms with E-state index in [0.717, 1.165) is 44.5 Å². The molecule has 0 saturated heterocycles. The summed E-state index contributed by atoms with van der Waals surface area (Å²) in [5.74, 6) is 1.47. The van der Waals surface area contributed by atoms with Crippen LogP contribution >= 0.6 is 11.8 Å². The minimum atomic E-state index is -0.298. The lowest BCUT2D eigenvalue weighted by Gasteiger charge is -2.09. The third-order valence-electron chi connectivity index (χ3n) is 4.68. The SMILES string of the molecule is COc1ccc(NC(=O)Nc2ccc(SCc3nc4ccccc4nc3C)cc2)cc1. The van der Waals surface area contributed by atoms with Crippen LogP contribution < -0.4 is 15.4 Å². The van der Waals surface area contributed by atoms with Crippen molar-refractivity contribution < 1.29 is 9.53 Å². The highest BCUT2D eigenvalue weighted by Gasteiger charge is 2.07. The standard InChI is InChI=1S/C24H22N4O2S/c1-16-23(28-22-6-4-3-5-21(22)25-16)15-31-20-13-9-18(10-14-20)27-24(29)26-17-7-11-19(30-2)12-8-17/h3-14H,15H2,1-2H3,(H2,26,27,29). The summed E-state index contributed by atoms with van der Waals surface area (Å²) in [4.78, 5) is 22.7. The molecular weight excluding hydrogens is 408 g/mol. The summed E-state index contributed by atoms with van der Waals surface area (Å²) in [6, 6.07) is 22.5. The first-order chi connectivity index (χ1) is 15.1. The number of nitrogens with zero attached hydrogens (tertiary/aromatic N) is 2. The van der Waals surface area contributed by atoms with Crippen LogP contribution in [-0.4, -0.2) is 23.1 Å². The third-order valence-corrected chi connectivity index (χ3v) is 5.70. The number of rotatable bonds is 6. The van der Waals surface area contributed by atoms with Crippen LogP contribution in [0, 0.1) is 6.92 Å². The van der Waals surface area contributed by atoms with E-state index in [1.807, 2.05) is 55.5 Å². The molecule has 1 aromatic heterocycles. The number of anilines is 2. The van der Waals surface area contributed by atoms with Crippen molar-refractivity contribution in [2.75, 3.05) is 17.7 Å². The number of carbonyl (C=O) groups excluding carboxylic acids is 1. The van der Waals surface area contributed by atoms with Gasteiger partial charge in [-0.15, -0.1) is 11.8 Å². The Bertz CT molecular complexity index is 1190. The Morgan fingerprint density at radius 1 is 0.871 bits per heavy atom. The van der Waals surface area contributed by atoms with E-state index in [1.54, 1.807) is 43.1 Å². The summed E-state index contributed by atoms with van der Waals surface area (Å²) < 4.78 is 5.12. The predicted octanol–water partition coefficient (Wildman–Crippen LogP) is 5.88. The largest absolute Gasteiger partial charge is 0.497 e. The van der Waals surface area contributed by atoms with Gasteiger partial charge in [0.15, 0.2) is 0 Å². The molecule has 0 spiro atoms. The van der Waals surface area contributed by atoms with Crippen molar-refractivity contribution in [1.29, 1.82) is 0 Å². The molecule has 3 aromatic carbocycles. The van der Waals surface area contributed by atoms with Gasteiger partial charge in [-0.25, -0.2) is 14.8 Å². The Hall–Kier alpha value is -3.58. The van der Waals surface area contributed by atoms with Crippen LogP contribution in [0.5, 0.6) is 5.75 Å². The summed E-state index contributed by atoms with van der Waals surface area (Å²) in [6.45, 7) is 1.99. The van der Waals surface area contributed by atoms with Gasteiger partial charge in [0.05, 0.1) is 29.5 Å². The molecule has 1 heterocycles. The highest BCUT2D eigenvalue weighted by atomic mass is 32.2. The van der Waals surface area contributed by atoms with Gasteiger partial charge in [0.1, 0.15) is 5.75 Å². The molecule has 0 atom stereocenters. The first kappa shape index (κ1) is 20.7. The van der Waals surface area contributed by atoms with E-state index in [1.165, 1.54) is 0 Å². The second-order valence-electron chi connectivity index (χ2n) is 6.87. The van der Waals surface area contributed by atoms with Gasteiger partial charge in [0.25, 0.3) is 0 Å². The quantitative estimate of drug-likeness (QED) is 0.373. The number of thioether (sulfide) groups is 1. The van der Waals surface area contributed by atoms with E-state index < -0.39 is 0 Å². The van der Waals surface area contributed by atoms with Crippen molar-refractivity contribution in [2.45, 2.75) is 17.6 Å². The second-order valence-corrected chi connectivity index (χ2v) is 7.91. The van der Waals surface area contributed by atoms with Gasteiger partial charge >= 0.3 is 6.03 Å². The van der Waals surface area contributed by atoms with Crippen molar-refractivity contribution in [1.82, 2.24) is 9.97 Å². The zero-order valence-electron chi connectivity index (χ0n) is 17.3. The third kappa shape index (κ3) is 5.32. The van der Waals surface area contributed by atoms with E-state index in [9.17, 15) is 4.79 Å². The molecule has 2 N–H and O–H groups in total. The molecule has 0 fully saturated rings. The van der Waals surface area contributed by atoms with Gasteiger partial charge in [0.2, 0.25) is 0 Å². The lowest BCUT2D eigenvalue weighted by Crippen LogP contribution is -2.19. The summed E-state index contributed by atoms with van der Waals surface area (Å²) in [5.41, 5.74) is 5.15. The number of urea groups is 1. The number of hydrogen-bond donors (Lipinski definition) is 2. The molecule has 0 bridgehead atoms. The number of para-hydroxylation sites is 2. The summed E-state index contributed by atoms with van der Waals surface area (Å²) in [6.07, 6.45) is 0. The van der Waals surface area contributed by atoms with Crippen LogP contribution in [-0.2, 0) is 5.75 Å². The summed E-state index contributed by atoms with van der Waals surface area (Å²) in [7, 11) is 1.60. The van der Waals surface area contributed by atoms with Crippen LogP contribution in [0.25, 0.3) is 11.0 Å². The number of methoxy groups -OCH3 is 1. The van der Waals surface area contributed by atoms with Crippen LogP contribution in [0.3, 0.4) is 0 Å². The number of hydrogen-bond acceptors (Lipinski definition) is 5. The lowest BCUT2D eigenvalue weighted by molar-refractivity contribution is 0.262. The van der Waals surface area contributed by atoms with Gasteiger partial charge in [-0.3, -0.25) is 0 Å². The Labute approximate surface area is 185 Å². The first-order valence-corrected chi connectivity index (χ1v) is 10.8. The molecule has 7 heteroatoms. The molecule has 0 aliphatic carbocycles. The minimum absolute atomic E-state index is 0.298. The van der Waals surface area contributed by atoms with Crippen molar-refractivity contribution >= 4 is 40.2 Å². The van der Waals surface area contributed by atoms with E-state index in [2.05, 4.69) is 15.6 Å². The molecule has 4 rings (SSSR count). The van der Waals surface area contributed by atoms with Gasteiger partial charge in [-0.2, -0.15) is 0 Å². The number of aryl methyl sites for hydroxylation is 1. The Kier molecular flexibility index (Phi) is 6.33. The number of nitrogens with one attached hydrogen (secondary N) is 2. The number of fused-ring (bicyclic) bond motifs is 1. The van der Waals surface area contributed by atoms with Crippen LogP contribution in [0.2, 0.25) is 0 Å². The number of benzene rings is 3. The van der Waals surface area contributed by atoms with Crippen molar-refractivity contribution in [3.8, 4) is 5.75 Å². The number of carbonyl (C=O) groups is 1. The maximum Gasteiger partial charge on any atom is 0.323 e. The highest BCUT2D eigenvalue weighted by Crippen LogP contribution is 2.25. The Morgan fingerprint density at radius 2 is 1.45 bits per heavy atom. The van der Waals surface area contributed by atoms with Crippen molar-refractivity contribution in [2.24, 2.45) is 0 Å². The first-order valence-electron chi connectivity index (χ1n) is 9.78. The normalized spacial score (nSPS) is 10.6. The fraction of sp³-hybridized carbons (Fsp3) is 0.125. The predicted molar refractivity (Wildman–Crippen MR) is 126 cm³/mol. The molecule has 0 aliphatic heterocycles. The zero-order valence-corrected chi connectivity index (χ0v) is 18.1. The zero-order chi connectivity index (χ0) is 21.6. The fourth-order valence-electron chi connectivity index (χ4n) is 3.02. The summed E-state index contributed by atoms with van der Waals surface area (Å²) >= 11 is 1.69. The van der Waals surface area contributed by atoms with Gasteiger partial charge in [0, 0.05) is 22.0 Å². The smallest absolute Gasteiger partial charge is 0.323 e. The van der Waals surface area contributed by atoms with Crippen molar-refractivity contribution in [3.63, 3.8) is 0 Å². The molecule has 156 valence electrons. The Morgan fingerprint density at radius 3 is 2.06 bits per heavy atom. The molecule has 4 aromatic rings. The van der Waals surface area contributed by atoms with E-state index in [0.29, 0.717) is 5.69 Å². The van der Waals surface area contributed by atoms with Crippen LogP contribution in [0.4, 0.5) is 16.2 Å². The molecule has 31 heavy (non-hydrogen) atoms. The molecule has 2 amide bonds. The minimum Gasteiger partial charge on any atom is -0.497 e. The van der Waals surface area contributed by atoms with E-state index >= 15 is 0 Å². The van der Waals surface area contributed by atoms with E-state index in [-0.39, 0.29) is 6.03 Å². The molecule has 0 unspecified atom stereocenters. The number of amides is 2. The monoisotopic (exact) mass is 430 g/mol. The molecule has 6 nitrogen and oxygen atoms in total. The van der Waals surface area contributed by atoms with Gasteiger partial charge in [-0.05, 0) is 67.6 Å². The number of aromatic nitrogens is 2. The number of ether oxygens (including phenoxy) is 1. The van der Waals surface area contributed by atoms with Crippen LogP contribution in [0.1, 0.15) is 11.4 Å². The molecule has 0 saturated carbocycles. The topological polar surface area (TPSA) is 76.1 Å². The van der Waals surface area contributed by atoms with Gasteiger partial charge < -0.3 is 15.4 Å². The average Bonchev–Trinajstić information content (AvgIpc) is 2.79. The van der Waals surface area contributed by atoms with E-state index in [4.69, 9.17) is 9.72 Å². The summed E-state index contributed by atoms with van der Waals surface area (Å²) in [5, 5.41) is 5.63. The van der Waals surface area contributed by atoms with Crippen molar-refractivity contribution in [3.05, 3.63) is 84.2 Å². The fourth-order valence-corrected chi connectivity index (χ4v) is 3.92. The molecule has 0 aliphatic rings. The average molecular weight is 431 g/mol. The highest BCUT2D eigenvalue weighted by molar-refractivity contribution is 7.98. The van der Waals surface area contributed by atoms with Gasteiger partial charge in [-0.1, -0.05) is 12.1 Å². The maximum absolute atomic E-state index is 12.2. The Balaban J connectivity index is 1.33. The second kappa shape index (κ2) is 9.49. The van der Waals surface area contributed by atoms with Crippen LogP contribution in [0.15, 0.2) is 77.7 Å². The molecule has 0 radical (unpaired) electrons.